The van der Waals surface area contributed by atoms with Crippen LogP contribution in [0.25, 0.3) is 0 Å². The van der Waals surface area contributed by atoms with Gasteiger partial charge in [0.05, 0.1) is 11.0 Å². The first-order valence-electron chi connectivity index (χ1n) is 9.24. The zero-order valence-electron chi connectivity index (χ0n) is 16.3. The van der Waals surface area contributed by atoms with Gasteiger partial charge in [0.2, 0.25) is 6.79 Å². The number of aliphatic imine (C=N–C) groups is 1. The summed E-state index contributed by atoms with van der Waals surface area (Å²) in [5.41, 5.74) is 1.05. The summed E-state index contributed by atoms with van der Waals surface area (Å²) in [6.07, 6.45) is 1.89. The van der Waals surface area contributed by atoms with Gasteiger partial charge in [-0.1, -0.05) is 13.8 Å². The number of benzene rings is 1. The number of aliphatic hydroxyl groups is 1. The van der Waals surface area contributed by atoms with Crippen LogP contribution < -0.4 is 20.1 Å². The van der Waals surface area contributed by atoms with Gasteiger partial charge in [-0.15, -0.1) is 24.0 Å². The highest BCUT2D eigenvalue weighted by molar-refractivity contribution is 14.0. The molecule has 0 fully saturated rings. The molecular formula is C19H31BrIN3O3. The van der Waals surface area contributed by atoms with E-state index in [-0.39, 0.29) is 37.4 Å². The Balaban J connectivity index is 0.00000364. The first-order chi connectivity index (χ1) is 12.5. The summed E-state index contributed by atoms with van der Waals surface area (Å²) in [7, 11) is 0. The molecule has 1 aromatic carbocycles. The molecule has 1 aliphatic rings. The molecule has 1 aliphatic heterocycles. The number of nitrogens with one attached hydrogen (secondary N) is 2. The number of hydrogen-bond donors (Lipinski definition) is 3. The molecule has 0 amide bonds. The van der Waals surface area contributed by atoms with Crippen molar-refractivity contribution in [2.24, 2.45) is 16.8 Å². The van der Waals surface area contributed by atoms with Crippen LogP contribution in [0.1, 0.15) is 39.2 Å². The minimum atomic E-state index is 0. The van der Waals surface area contributed by atoms with Crippen LogP contribution in [0.2, 0.25) is 0 Å². The molecule has 2 rings (SSSR count). The summed E-state index contributed by atoms with van der Waals surface area (Å²) >= 11 is 3.52. The lowest BCUT2D eigenvalue weighted by Gasteiger charge is -2.20. The fraction of sp³-hybridized carbons (Fsp3) is 0.632. The van der Waals surface area contributed by atoms with E-state index in [1.54, 1.807) is 0 Å². The van der Waals surface area contributed by atoms with E-state index < -0.39 is 0 Å². The van der Waals surface area contributed by atoms with Gasteiger partial charge in [0.15, 0.2) is 17.5 Å². The fourth-order valence-electron chi connectivity index (χ4n) is 3.02. The van der Waals surface area contributed by atoms with Crippen LogP contribution in [-0.2, 0) is 6.54 Å². The van der Waals surface area contributed by atoms with Crippen molar-refractivity contribution >= 4 is 45.9 Å². The fourth-order valence-corrected chi connectivity index (χ4v) is 3.62. The quantitative estimate of drug-likeness (QED) is 0.245. The standard InChI is InChI=1S/C19H30BrN3O3.HI/c1-4-21-19(22-10-14(5-6-24)7-13(2)3)23-11-15-8-16(20)18-17(9-15)25-12-26-18;/h8-9,13-14,24H,4-7,10-12H2,1-3H3,(H2,21,22,23);1H. The van der Waals surface area contributed by atoms with E-state index in [0.717, 1.165) is 53.4 Å². The monoisotopic (exact) mass is 555 g/mol. The van der Waals surface area contributed by atoms with Gasteiger partial charge in [-0.2, -0.15) is 0 Å². The Labute approximate surface area is 187 Å². The van der Waals surface area contributed by atoms with Gasteiger partial charge in [0.25, 0.3) is 0 Å². The Morgan fingerprint density at radius 1 is 1.30 bits per heavy atom. The van der Waals surface area contributed by atoms with E-state index >= 15 is 0 Å². The van der Waals surface area contributed by atoms with Crippen LogP contribution >= 0.6 is 39.9 Å². The van der Waals surface area contributed by atoms with Crippen molar-refractivity contribution < 1.29 is 14.6 Å². The maximum Gasteiger partial charge on any atom is 0.231 e. The molecule has 0 saturated carbocycles. The van der Waals surface area contributed by atoms with Crippen LogP contribution in [-0.4, -0.2) is 37.6 Å². The van der Waals surface area contributed by atoms with Crippen LogP contribution in [0.3, 0.4) is 0 Å². The number of hydrogen-bond acceptors (Lipinski definition) is 4. The molecule has 0 aliphatic carbocycles. The Morgan fingerprint density at radius 3 is 2.74 bits per heavy atom. The van der Waals surface area contributed by atoms with Crippen molar-refractivity contribution in [3.8, 4) is 11.5 Å². The van der Waals surface area contributed by atoms with Gasteiger partial charge in [-0.3, -0.25) is 0 Å². The number of halogens is 2. The molecule has 3 N–H and O–H groups in total. The molecule has 154 valence electrons. The van der Waals surface area contributed by atoms with Gasteiger partial charge < -0.3 is 25.2 Å². The molecule has 1 unspecified atom stereocenters. The molecule has 27 heavy (non-hydrogen) atoms. The first-order valence-corrected chi connectivity index (χ1v) is 10.0. The number of guanidine groups is 1. The zero-order chi connectivity index (χ0) is 18.9. The minimum absolute atomic E-state index is 0. The van der Waals surface area contributed by atoms with Gasteiger partial charge in [0.1, 0.15) is 0 Å². The topological polar surface area (TPSA) is 75.1 Å². The minimum Gasteiger partial charge on any atom is -0.454 e. The smallest absolute Gasteiger partial charge is 0.231 e. The summed E-state index contributed by atoms with van der Waals surface area (Å²) in [6.45, 7) is 9.08. The number of fused-ring (bicyclic) bond motifs is 1. The largest absolute Gasteiger partial charge is 0.454 e. The van der Waals surface area contributed by atoms with Crippen molar-refractivity contribution in [1.29, 1.82) is 0 Å². The van der Waals surface area contributed by atoms with Crippen molar-refractivity contribution in [2.45, 2.75) is 40.2 Å². The van der Waals surface area contributed by atoms with E-state index in [4.69, 9.17) is 9.47 Å². The molecule has 0 bridgehead atoms. The summed E-state index contributed by atoms with van der Waals surface area (Å²) in [5.74, 6) is 3.33. The Morgan fingerprint density at radius 2 is 2.07 bits per heavy atom. The predicted octanol–water partition coefficient (Wildman–Crippen LogP) is 3.90. The molecule has 1 atom stereocenters. The molecule has 8 heteroatoms. The SMILES string of the molecule is CCNC(=NCc1cc(Br)c2c(c1)OCO2)NCC(CCO)CC(C)C.I. The second-order valence-electron chi connectivity index (χ2n) is 6.90. The van der Waals surface area contributed by atoms with Crippen LogP contribution in [0.15, 0.2) is 21.6 Å². The van der Waals surface area contributed by atoms with Gasteiger partial charge in [-0.25, -0.2) is 4.99 Å². The number of aliphatic hydroxyl groups excluding tert-OH is 1. The van der Waals surface area contributed by atoms with E-state index in [9.17, 15) is 5.11 Å². The maximum atomic E-state index is 9.27. The lowest BCUT2D eigenvalue weighted by Crippen LogP contribution is -2.40. The third-order valence-electron chi connectivity index (χ3n) is 4.15. The molecule has 0 spiro atoms. The molecule has 6 nitrogen and oxygen atoms in total. The Hall–Kier alpha value is -0.740. The maximum absolute atomic E-state index is 9.27. The molecule has 1 aromatic rings. The van der Waals surface area contributed by atoms with Gasteiger partial charge >= 0.3 is 0 Å². The highest BCUT2D eigenvalue weighted by atomic mass is 127. The van der Waals surface area contributed by atoms with Crippen molar-refractivity contribution in [2.75, 3.05) is 26.5 Å². The number of ether oxygens (including phenoxy) is 2. The lowest BCUT2D eigenvalue weighted by atomic mass is 9.94. The van der Waals surface area contributed by atoms with Crippen LogP contribution in [0.5, 0.6) is 11.5 Å². The zero-order valence-corrected chi connectivity index (χ0v) is 20.2. The second-order valence-corrected chi connectivity index (χ2v) is 7.75. The van der Waals surface area contributed by atoms with Crippen molar-refractivity contribution in [3.05, 3.63) is 22.2 Å². The Kier molecular flexibility index (Phi) is 11.4. The molecule has 1 heterocycles. The summed E-state index contributed by atoms with van der Waals surface area (Å²) in [4.78, 5) is 4.68. The average Bonchev–Trinajstić information content (AvgIpc) is 3.06. The summed E-state index contributed by atoms with van der Waals surface area (Å²) < 4.78 is 11.8. The summed E-state index contributed by atoms with van der Waals surface area (Å²) in [5, 5.41) is 16.0. The normalized spacial score (nSPS) is 14.1. The molecular weight excluding hydrogens is 525 g/mol. The number of rotatable bonds is 9. The van der Waals surface area contributed by atoms with Crippen LogP contribution in [0, 0.1) is 11.8 Å². The molecule has 0 saturated heterocycles. The van der Waals surface area contributed by atoms with Gasteiger partial charge in [-0.05, 0) is 65.2 Å². The first kappa shape index (κ1) is 24.3. The van der Waals surface area contributed by atoms with E-state index in [0.29, 0.717) is 18.4 Å². The van der Waals surface area contributed by atoms with Crippen LogP contribution in [0.4, 0.5) is 0 Å². The lowest BCUT2D eigenvalue weighted by molar-refractivity contribution is 0.173. The number of nitrogens with zero attached hydrogens (tertiary/aromatic N) is 1. The van der Waals surface area contributed by atoms with Crippen molar-refractivity contribution in [1.82, 2.24) is 10.6 Å². The second kappa shape index (κ2) is 12.7. The average molecular weight is 556 g/mol. The predicted molar refractivity (Wildman–Crippen MR) is 123 cm³/mol. The molecule has 0 aromatic heterocycles. The van der Waals surface area contributed by atoms with Crippen molar-refractivity contribution in [3.63, 3.8) is 0 Å². The highest BCUT2D eigenvalue weighted by Crippen LogP contribution is 2.40. The highest BCUT2D eigenvalue weighted by Gasteiger charge is 2.18. The van der Waals surface area contributed by atoms with E-state index in [2.05, 4.69) is 45.4 Å². The summed E-state index contributed by atoms with van der Waals surface area (Å²) in [6, 6.07) is 3.97. The Bertz CT molecular complexity index is 614. The van der Waals surface area contributed by atoms with Gasteiger partial charge in [0, 0.05) is 19.7 Å². The van der Waals surface area contributed by atoms with E-state index in [1.165, 1.54) is 0 Å². The van der Waals surface area contributed by atoms with E-state index in [1.807, 2.05) is 19.1 Å². The third kappa shape index (κ3) is 8.03. The third-order valence-corrected chi connectivity index (χ3v) is 4.74. The molecule has 0 radical (unpaired) electrons.